The maximum atomic E-state index is 11.8. The molecule has 0 amide bonds. The highest BCUT2D eigenvalue weighted by Gasteiger charge is 2.50. The predicted octanol–water partition coefficient (Wildman–Crippen LogP) is 4.78. The fourth-order valence-corrected chi connectivity index (χ4v) is 4.81. The molecule has 0 aromatic heterocycles. The average molecular weight is 408 g/mol. The van der Waals surface area contributed by atoms with Gasteiger partial charge in [-0.25, -0.2) is 0 Å². The summed E-state index contributed by atoms with van der Waals surface area (Å²) in [7, 11) is 8.20. The Labute approximate surface area is 182 Å². The molecule has 2 aromatic rings. The molecule has 0 aliphatic carbocycles. The lowest BCUT2D eigenvalue weighted by Crippen LogP contribution is -2.57. The van der Waals surface area contributed by atoms with Crippen LogP contribution in [-0.4, -0.2) is 38.9 Å². The quantitative estimate of drug-likeness (QED) is 0.676. The van der Waals surface area contributed by atoms with Crippen LogP contribution in [0.2, 0.25) is 0 Å². The van der Waals surface area contributed by atoms with Gasteiger partial charge in [0.25, 0.3) is 0 Å². The van der Waals surface area contributed by atoms with Crippen LogP contribution in [0.1, 0.15) is 43.5 Å². The molecule has 30 heavy (non-hydrogen) atoms. The fraction of sp³-hybridized carbons (Fsp3) is 0.462. The second-order valence-corrected chi connectivity index (χ2v) is 9.16. The topological polar surface area (TPSA) is 38.7 Å². The van der Waals surface area contributed by atoms with Crippen LogP contribution >= 0.6 is 0 Å². The first kappa shape index (κ1) is 22.4. The van der Waals surface area contributed by atoms with Gasteiger partial charge in [-0.15, -0.1) is 6.58 Å². The van der Waals surface area contributed by atoms with Crippen LogP contribution in [0.3, 0.4) is 0 Å². The van der Waals surface area contributed by atoms with Crippen molar-refractivity contribution in [2.45, 2.75) is 38.0 Å². The van der Waals surface area contributed by atoms with Crippen molar-refractivity contribution in [1.82, 2.24) is 5.32 Å². The van der Waals surface area contributed by atoms with E-state index in [4.69, 9.17) is 0 Å². The van der Waals surface area contributed by atoms with Gasteiger partial charge >= 0.3 is 0 Å². The van der Waals surface area contributed by atoms with Gasteiger partial charge < -0.3 is 20.2 Å². The van der Waals surface area contributed by atoms with Crippen molar-refractivity contribution < 1.29 is 5.11 Å². The summed E-state index contributed by atoms with van der Waals surface area (Å²) in [6, 6.07) is 17.4. The maximum Gasteiger partial charge on any atom is 0.0768 e. The Balaban J connectivity index is 1.99. The molecule has 1 heterocycles. The third-order valence-corrected chi connectivity index (χ3v) is 6.94. The Morgan fingerprint density at radius 1 is 0.833 bits per heavy atom. The normalized spacial score (nSPS) is 28.8. The Morgan fingerprint density at radius 2 is 1.20 bits per heavy atom. The molecule has 3 rings (SSSR count). The highest BCUT2D eigenvalue weighted by molar-refractivity contribution is 5.48. The highest BCUT2D eigenvalue weighted by Crippen LogP contribution is 2.48. The van der Waals surface area contributed by atoms with Crippen molar-refractivity contribution in [3.63, 3.8) is 0 Å². The molecule has 5 atom stereocenters. The molecular weight excluding hydrogens is 370 g/mol. The van der Waals surface area contributed by atoms with E-state index in [-0.39, 0.29) is 23.9 Å². The van der Waals surface area contributed by atoms with Gasteiger partial charge in [0.1, 0.15) is 0 Å². The molecule has 2 N–H and O–H groups in total. The molecule has 0 saturated carbocycles. The van der Waals surface area contributed by atoms with Gasteiger partial charge in [0, 0.05) is 63.5 Å². The molecule has 1 saturated heterocycles. The Bertz CT molecular complexity index is 778. The van der Waals surface area contributed by atoms with Crippen LogP contribution in [0.25, 0.3) is 0 Å². The van der Waals surface area contributed by atoms with Gasteiger partial charge in [-0.3, -0.25) is 0 Å². The van der Waals surface area contributed by atoms with Crippen molar-refractivity contribution in [2.24, 2.45) is 11.8 Å². The van der Waals surface area contributed by atoms with Gasteiger partial charge in [-0.05, 0) is 41.8 Å². The molecule has 0 radical (unpaired) electrons. The predicted molar refractivity (Wildman–Crippen MR) is 128 cm³/mol. The monoisotopic (exact) mass is 407 g/mol. The van der Waals surface area contributed by atoms with E-state index < -0.39 is 5.60 Å². The van der Waals surface area contributed by atoms with E-state index in [0.29, 0.717) is 6.42 Å². The van der Waals surface area contributed by atoms with E-state index in [9.17, 15) is 5.11 Å². The lowest BCUT2D eigenvalue weighted by molar-refractivity contribution is -0.108. The van der Waals surface area contributed by atoms with E-state index in [1.165, 1.54) is 22.5 Å². The number of anilines is 2. The molecule has 0 bridgehead atoms. The highest BCUT2D eigenvalue weighted by atomic mass is 16.3. The number of nitrogens with zero attached hydrogens (tertiary/aromatic N) is 2. The van der Waals surface area contributed by atoms with E-state index >= 15 is 0 Å². The molecule has 1 unspecified atom stereocenters. The molecule has 0 spiro atoms. The summed E-state index contributed by atoms with van der Waals surface area (Å²) in [4.78, 5) is 4.21. The minimum atomic E-state index is -0.831. The molecule has 162 valence electrons. The standard InChI is InChI=1S/C26H37N3O/c1-8-17-26(30)18(2)24(20-9-13-22(14-10-20)28(4)5)27-25(19(26)3)21-11-15-23(16-12-21)29(6)7/h8-16,18-19,24-25,27,30H,1,17H2,2-7H3/t18-,19-,24-,25+,26?/m0/s1. The summed E-state index contributed by atoms with van der Waals surface area (Å²) in [5, 5.41) is 15.7. The zero-order valence-corrected chi connectivity index (χ0v) is 19.3. The molecule has 2 aromatic carbocycles. The van der Waals surface area contributed by atoms with Gasteiger partial charge in [0.15, 0.2) is 0 Å². The van der Waals surface area contributed by atoms with E-state index in [2.05, 4.69) is 112 Å². The second-order valence-electron chi connectivity index (χ2n) is 9.16. The van der Waals surface area contributed by atoms with Crippen LogP contribution in [0, 0.1) is 11.8 Å². The zero-order chi connectivity index (χ0) is 22.1. The Kier molecular flexibility index (Phi) is 6.59. The third kappa shape index (κ3) is 4.12. The molecular formula is C26H37N3O. The van der Waals surface area contributed by atoms with Crippen LogP contribution in [0.5, 0.6) is 0 Å². The van der Waals surface area contributed by atoms with Crippen LogP contribution in [0.15, 0.2) is 61.2 Å². The van der Waals surface area contributed by atoms with Crippen molar-refractivity contribution in [1.29, 1.82) is 0 Å². The number of nitrogens with one attached hydrogen (secondary N) is 1. The first-order valence-corrected chi connectivity index (χ1v) is 10.8. The molecule has 1 fully saturated rings. The average Bonchev–Trinajstić information content (AvgIpc) is 2.73. The molecule has 4 heteroatoms. The largest absolute Gasteiger partial charge is 0.389 e. The lowest BCUT2D eigenvalue weighted by Gasteiger charge is -2.52. The first-order valence-electron chi connectivity index (χ1n) is 10.8. The summed E-state index contributed by atoms with van der Waals surface area (Å²) in [5.41, 5.74) is 3.93. The van der Waals surface area contributed by atoms with Crippen LogP contribution < -0.4 is 15.1 Å². The minimum Gasteiger partial charge on any atom is -0.389 e. The van der Waals surface area contributed by atoms with E-state index in [1.54, 1.807) is 0 Å². The van der Waals surface area contributed by atoms with Crippen molar-refractivity contribution in [3.05, 3.63) is 72.3 Å². The van der Waals surface area contributed by atoms with Crippen molar-refractivity contribution >= 4 is 11.4 Å². The fourth-order valence-electron chi connectivity index (χ4n) is 4.81. The van der Waals surface area contributed by atoms with Crippen LogP contribution in [-0.2, 0) is 0 Å². The minimum absolute atomic E-state index is 0.0491. The van der Waals surface area contributed by atoms with Gasteiger partial charge in [-0.2, -0.15) is 0 Å². The number of rotatable bonds is 6. The number of hydrogen-bond acceptors (Lipinski definition) is 4. The number of aliphatic hydroxyl groups is 1. The smallest absolute Gasteiger partial charge is 0.0768 e. The summed E-state index contributed by atoms with van der Waals surface area (Å²) < 4.78 is 0. The summed E-state index contributed by atoms with van der Waals surface area (Å²) in [5.74, 6) is 0.0982. The number of piperidine rings is 1. The van der Waals surface area contributed by atoms with Gasteiger partial charge in [0.2, 0.25) is 0 Å². The van der Waals surface area contributed by atoms with E-state index in [0.717, 1.165) is 0 Å². The summed E-state index contributed by atoms with van der Waals surface area (Å²) in [6.07, 6.45) is 2.44. The van der Waals surface area contributed by atoms with Crippen molar-refractivity contribution in [3.8, 4) is 0 Å². The number of hydrogen-bond donors (Lipinski definition) is 2. The lowest BCUT2D eigenvalue weighted by atomic mass is 9.64. The zero-order valence-electron chi connectivity index (χ0n) is 19.3. The summed E-state index contributed by atoms with van der Waals surface area (Å²) in [6.45, 7) is 8.25. The number of benzene rings is 2. The Hall–Kier alpha value is -2.30. The SMILES string of the molecule is C=CCC1(O)[C@@H](C)[C@@H](c2ccc(N(C)C)cc2)N[C@@H](c2ccc(N(C)C)cc2)[C@@H]1C. The first-order chi connectivity index (χ1) is 14.2. The molecule has 1 aliphatic heterocycles. The van der Waals surface area contributed by atoms with Gasteiger partial charge in [-0.1, -0.05) is 44.2 Å². The molecule has 4 nitrogen and oxygen atoms in total. The van der Waals surface area contributed by atoms with Crippen molar-refractivity contribution in [2.75, 3.05) is 38.0 Å². The second kappa shape index (κ2) is 8.83. The van der Waals surface area contributed by atoms with E-state index in [1.807, 2.05) is 6.08 Å². The van der Waals surface area contributed by atoms with Gasteiger partial charge in [0.05, 0.1) is 5.60 Å². The Morgan fingerprint density at radius 3 is 1.50 bits per heavy atom. The third-order valence-electron chi connectivity index (χ3n) is 6.94. The summed E-state index contributed by atoms with van der Waals surface area (Å²) >= 11 is 0. The molecule has 1 aliphatic rings. The maximum absolute atomic E-state index is 11.8. The van der Waals surface area contributed by atoms with Crippen LogP contribution in [0.4, 0.5) is 11.4 Å².